The fourth-order valence-electron chi connectivity index (χ4n) is 3.97. The second-order valence-electron chi connectivity index (χ2n) is 6.43. The van der Waals surface area contributed by atoms with E-state index in [1.54, 1.807) is 0 Å². The van der Waals surface area contributed by atoms with Crippen molar-refractivity contribution in [2.24, 2.45) is 11.7 Å². The number of piperidine rings is 1. The molecule has 2 aliphatic heterocycles. The number of nitrogens with two attached hydrogens (primary N) is 1. The van der Waals surface area contributed by atoms with Crippen LogP contribution in [0.15, 0.2) is 18.2 Å². The number of hydrogen-bond donors (Lipinski definition) is 1. The van der Waals surface area contributed by atoms with Crippen LogP contribution in [0.2, 0.25) is 0 Å². The second kappa shape index (κ2) is 5.41. The molecular formula is C16H22F2N2. The third-order valence-corrected chi connectivity index (χ3v) is 5.13. The van der Waals surface area contributed by atoms with Crippen LogP contribution in [0.1, 0.15) is 31.2 Å². The number of hydrogen-bond acceptors (Lipinski definition) is 2. The van der Waals surface area contributed by atoms with Crippen LogP contribution in [0, 0.1) is 17.6 Å². The zero-order valence-corrected chi connectivity index (χ0v) is 11.9. The minimum absolute atomic E-state index is 0.00648. The summed E-state index contributed by atoms with van der Waals surface area (Å²) in [7, 11) is 2.20. The normalized spacial score (nSPS) is 31.5. The van der Waals surface area contributed by atoms with Crippen molar-refractivity contribution >= 4 is 0 Å². The molecular weight excluding hydrogens is 258 g/mol. The quantitative estimate of drug-likeness (QED) is 0.922. The summed E-state index contributed by atoms with van der Waals surface area (Å²) in [6, 6.07) is 4.99. The largest absolute Gasteiger partial charge is 0.327 e. The topological polar surface area (TPSA) is 29.3 Å². The highest BCUT2D eigenvalue weighted by molar-refractivity contribution is 5.19. The lowest BCUT2D eigenvalue weighted by atomic mass is 9.83. The maximum Gasteiger partial charge on any atom is 0.126 e. The Kier molecular flexibility index (Phi) is 3.78. The fraction of sp³-hybridized carbons (Fsp3) is 0.625. The maximum atomic E-state index is 13.2. The van der Waals surface area contributed by atoms with Gasteiger partial charge in [0.05, 0.1) is 0 Å². The van der Waals surface area contributed by atoms with Crippen molar-refractivity contribution in [3.8, 4) is 0 Å². The Morgan fingerprint density at radius 1 is 1.15 bits per heavy atom. The molecule has 4 heteroatoms. The Bertz CT molecular complexity index is 457. The lowest BCUT2D eigenvalue weighted by Gasteiger charge is -2.38. The number of halogens is 2. The van der Waals surface area contributed by atoms with Gasteiger partial charge in [-0.15, -0.1) is 0 Å². The highest BCUT2D eigenvalue weighted by atomic mass is 19.1. The first-order valence-corrected chi connectivity index (χ1v) is 7.45. The summed E-state index contributed by atoms with van der Waals surface area (Å²) in [6.45, 7) is 0. The summed E-state index contributed by atoms with van der Waals surface area (Å²) in [6.07, 6.45) is 5.32. The second-order valence-corrected chi connectivity index (χ2v) is 6.43. The zero-order valence-electron chi connectivity index (χ0n) is 11.9. The van der Waals surface area contributed by atoms with Gasteiger partial charge in [0, 0.05) is 24.2 Å². The van der Waals surface area contributed by atoms with Gasteiger partial charge < -0.3 is 10.6 Å². The van der Waals surface area contributed by atoms with Gasteiger partial charge in [0.2, 0.25) is 0 Å². The van der Waals surface area contributed by atoms with E-state index in [0.717, 1.165) is 18.9 Å². The van der Waals surface area contributed by atoms with Crippen LogP contribution in [0.25, 0.3) is 0 Å². The smallest absolute Gasteiger partial charge is 0.126 e. The van der Waals surface area contributed by atoms with E-state index in [2.05, 4.69) is 11.9 Å². The SMILES string of the molecule is CN1C2CCC1CC(C(N)Cc1cc(F)cc(F)c1)C2. The van der Waals surface area contributed by atoms with Gasteiger partial charge in [0.1, 0.15) is 11.6 Å². The summed E-state index contributed by atoms with van der Waals surface area (Å²) in [4.78, 5) is 2.48. The van der Waals surface area contributed by atoms with Gasteiger partial charge in [-0.2, -0.15) is 0 Å². The molecule has 0 aliphatic carbocycles. The minimum Gasteiger partial charge on any atom is -0.327 e. The third kappa shape index (κ3) is 2.72. The molecule has 2 nitrogen and oxygen atoms in total. The number of rotatable bonds is 3. The molecule has 0 saturated carbocycles. The molecule has 2 saturated heterocycles. The Morgan fingerprint density at radius 2 is 1.70 bits per heavy atom. The predicted octanol–water partition coefficient (Wildman–Crippen LogP) is 2.71. The molecule has 0 aromatic heterocycles. The van der Waals surface area contributed by atoms with Crippen LogP contribution in [0.3, 0.4) is 0 Å². The van der Waals surface area contributed by atoms with Crippen molar-refractivity contribution in [2.45, 2.75) is 50.2 Å². The molecule has 2 bridgehead atoms. The van der Waals surface area contributed by atoms with E-state index in [0.29, 0.717) is 30.0 Å². The van der Waals surface area contributed by atoms with Crippen molar-refractivity contribution in [2.75, 3.05) is 7.05 Å². The fourth-order valence-corrected chi connectivity index (χ4v) is 3.97. The molecule has 0 radical (unpaired) electrons. The lowest BCUT2D eigenvalue weighted by molar-refractivity contribution is 0.120. The highest BCUT2D eigenvalue weighted by Gasteiger charge is 2.40. The number of benzene rings is 1. The van der Waals surface area contributed by atoms with Crippen molar-refractivity contribution in [3.63, 3.8) is 0 Å². The Morgan fingerprint density at radius 3 is 2.25 bits per heavy atom. The zero-order chi connectivity index (χ0) is 14.3. The van der Waals surface area contributed by atoms with Gasteiger partial charge in [-0.05, 0) is 62.8 Å². The average molecular weight is 280 g/mol. The van der Waals surface area contributed by atoms with E-state index in [9.17, 15) is 8.78 Å². The highest BCUT2D eigenvalue weighted by Crippen LogP contribution is 2.38. The molecule has 110 valence electrons. The molecule has 2 aliphatic rings. The van der Waals surface area contributed by atoms with Crippen molar-refractivity contribution in [3.05, 3.63) is 35.4 Å². The van der Waals surface area contributed by atoms with Gasteiger partial charge >= 0.3 is 0 Å². The first-order chi connectivity index (χ1) is 9.52. The molecule has 1 aromatic carbocycles. The van der Waals surface area contributed by atoms with Crippen molar-refractivity contribution in [1.82, 2.24) is 4.90 Å². The van der Waals surface area contributed by atoms with Gasteiger partial charge in [0.25, 0.3) is 0 Å². The molecule has 3 rings (SSSR count). The van der Waals surface area contributed by atoms with Gasteiger partial charge in [-0.25, -0.2) is 8.78 Å². The van der Waals surface area contributed by atoms with E-state index >= 15 is 0 Å². The predicted molar refractivity (Wildman–Crippen MR) is 75.3 cm³/mol. The molecule has 2 heterocycles. The van der Waals surface area contributed by atoms with Crippen LogP contribution < -0.4 is 5.73 Å². The Labute approximate surface area is 118 Å². The first-order valence-electron chi connectivity index (χ1n) is 7.45. The molecule has 3 unspecified atom stereocenters. The summed E-state index contributed by atoms with van der Waals surface area (Å²) >= 11 is 0. The molecule has 2 fully saturated rings. The van der Waals surface area contributed by atoms with Crippen molar-refractivity contribution in [1.29, 1.82) is 0 Å². The standard InChI is InChI=1S/C16H22F2N2/c1-20-14-2-3-15(20)8-11(7-14)16(19)6-10-4-12(17)9-13(18)5-10/h4-5,9,11,14-16H,2-3,6-8,19H2,1H3. The molecule has 1 aromatic rings. The summed E-state index contributed by atoms with van der Waals surface area (Å²) in [5.74, 6) is -0.568. The average Bonchev–Trinajstić information content (AvgIpc) is 2.61. The van der Waals surface area contributed by atoms with Gasteiger partial charge in [-0.3, -0.25) is 0 Å². The summed E-state index contributed by atoms with van der Waals surface area (Å²) in [5.41, 5.74) is 6.98. The first kappa shape index (κ1) is 14.0. The van der Waals surface area contributed by atoms with E-state index in [-0.39, 0.29) is 6.04 Å². The van der Waals surface area contributed by atoms with Crippen LogP contribution in [0.4, 0.5) is 8.78 Å². The van der Waals surface area contributed by atoms with E-state index in [4.69, 9.17) is 5.73 Å². The number of fused-ring (bicyclic) bond motifs is 2. The van der Waals surface area contributed by atoms with Gasteiger partial charge in [0.15, 0.2) is 0 Å². The molecule has 20 heavy (non-hydrogen) atoms. The molecule has 0 amide bonds. The van der Waals surface area contributed by atoms with Crippen LogP contribution in [-0.2, 0) is 6.42 Å². The van der Waals surface area contributed by atoms with Crippen LogP contribution in [-0.4, -0.2) is 30.1 Å². The van der Waals surface area contributed by atoms with Crippen LogP contribution in [0.5, 0.6) is 0 Å². The molecule has 3 atom stereocenters. The third-order valence-electron chi connectivity index (χ3n) is 5.13. The molecule has 0 spiro atoms. The number of nitrogens with zero attached hydrogens (tertiary/aromatic N) is 1. The van der Waals surface area contributed by atoms with Crippen LogP contribution >= 0.6 is 0 Å². The Hall–Kier alpha value is -1.00. The monoisotopic (exact) mass is 280 g/mol. The Balaban J connectivity index is 1.66. The van der Waals surface area contributed by atoms with E-state index < -0.39 is 11.6 Å². The summed E-state index contributed by atoms with van der Waals surface area (Å²) < 4.78 is 26.4. The lowest BCUT2D eigenvalue weighted by Crippen LogP contribution is -2.46. The van der Waals surface area contributed by atoms with E-state index in [1.807, 2.05) is 0 Å². The molecule has 2 N–H and O–H groups in total. The summed E-state index contributed by atoms with van der Waals surface area (Å²) in [5, 5.41) is 0. The minimum atomic E-state index is -0.518. The van der Waals surface area contributed by atoms with Crippen molar-refractivity contribution < 1.29 is 8.78 Å². The van der Waals surface area contributed by atoms with Gasteiger partial charge in [-0.1, -0.05) is 0 Å². The maximum absolute atomic E-state index is 13.2. The van der Waals surface area contributed by atoms with E-state index in [1.165, 1.54) is 25.0 Å².